The SMILES string of the molecule is CC(C)c1ccc(SCC(=O)N2CCC(O)(C(=O)O)CC2)cc1. The first kappa shape index (κ1) is 17.8. The molecule has 0 spiro atoms. The van der Waals surface area contributed by atoms with Gasteiger partial charge in [0.05, 0.1) is 5.75 Å². The molecule has 2 N–H and O–H groups in total. The molecule has 23 heavy (non-hydrogen) atoms. The maximum absolute atomic E-state index is 12.2. The molecule has 6 heteroatoms. The first-order valence-corrected chi connectivity index (χ1v) is 8.77. The Morgan fingerprint density at radius 1 is 1.22 bits per heavy atom. The molecule has 1 fully saturated rings. The van der Waals surface area contributed by atoms with Crippen molar-refractivity contribution in [3.63, 3.8) is 0 Å². The number of carboxylic acids is 1. The summed E-state index contributed by atoms with van der Waals surface area (Å²) in [6.45, 7) is 4.85. The van der Waals surface area contributed by atoms with Crippen LogP contribution in [0.15, 0.2) is 29.2 Å². The number of thioether (sulfide) groups is 1. The predicted octanol–water partition coefficient (Wildman–Crippen LogP) is 2.34. The normalized spacial score (nSPS) is 17.3. The summed E-state index contributed by atoms with van der Waals surface area (Å²) in [5.74, 6) is -0.413. The highest BCUT2D eigenvalue weighted by atomic mass is 32.2. The molecule has 126 valence electrons. The van der Waals surface area contributed by atoms with E-state index in [1.54, 1.807) is 4.90 Å². The summed E-state index contributed by atoms with van der Waals surface area (Å²) in [6, 6.07) is 8.19. The standard InChI is InChI=1S/C17H23NO4S/c1-12(2)13-3-5-14(6-4-13)23-11-15(19)18-9-7-17(22,8-10-18)16(20)21/h3-6,12,22H,7-11H2,1-2H3,(H,20,21). The zero-order valence-corrected chi connectivity index (χ0v) is 14.3. The zero-order chi connectivity index (χ0) is 17.0. The van der Waals surface area contributed by atoms with Crippen LogP contribution in [0.1, 0.15) is 38.2 Å². The van der Waals surface area contributed by atoms with Crippen molar-refractivity contribution < 1.29 is 19.8 Å². The number of carbonyl (C=O) groups is 2. The molecule has 0 unspecified atom stereocenters. The van der Waals surface area contributed by atoms with E-state index in [1.165, 1.54) is 17.3 Å². The fraction of sp³-hybridized carbons (Fsp3) is 0.529. The third-order valence-corrected chi connectivity index (χ3v) is 5.25. The number of amides is 1. The van der Waals surface area contributed by atoms with Crippen LogP contribution in [-0.4, -0.2) is 51.4 Å². The summed E-state index contributed by atoms with van der Waals surface area (Å²) in [5, 5.41) is 18.9. The molecule has 0 bridgehead atoms. The van der Waals surface area contributed by atoms with Crippen molar-refractivity contribution >= 4 is 23.6 Å². The second-order valence-electron chi connectivity index (χ2n) is 6.23. The highest BCUT2D eigenvalue weighted by Crippen LogP contribution is 2.25. The van der Waals surface area contributed by atoms with Gasteiger partial charge in [0.25, 0.3) is 0 Å². The third-order valence-electron chi connectivity index (χ3n) is 4.25. The van der Waals surface area contributed by atoms with Crippen LogP contribution in [0.25, 0.3) is 0 Å². The van der Waals surface area contributed by atoms with Gasteiger partial charge in [0.15, 0.2) is 5.60 Å². The lowest BCUT2D eigenvalue weighted by atomic mass is 9.92. The van der Waals surface area contributed by atoms with Crippen molar-refractivity contribution in [1.82, 2.24) is 4.90 Å². The van der Waals surface area contributed by atoms with Crippen molar-refractivity contribution in [3.8, 4) is 0 Å². The maximum atomic E-state index is 12.2. The molecule has 1 aliphatic heterocycles. The number of aliphatic hydroxyl groups is 1. The summed E-state index contributed by atoms with van der Waals surface area (Å²) in [4.78, 5) is 25.9. The van der Waals surface area contributed by atoms with Crippen LogP contribution >= 0.6 is 11.8 Å². The van der Waals surface area contributed by atoms with E-state index in [-0.39, 0.29) is 31.8 Å². The number of hydrogen-bond donors (Lipinski definition) is 2. The Morgan fingerprint density at radius 2 is 1.78 bits per heavy atom. The van der Waals surface area contributed by atoms with Crippen LogP contribution in [0.5, 0.6) is 0 Å². The number of benzene rings is 1. The largest absolute Gasteiger partial charge is 0.479 e. The Hall–Kier alpha value is -1.53. The number of hydrogen-bond acceptors (Lipinski definition) is 4. The molecular weight excluding hydrogens is 314 g/mol. The van der Waals surface area contributed by atoms with E-state index in [1.807, 2.05) is 12.1 Å². The molecule has 0 saturated carbocycles. The maximum Gasteiger partial charge on any atom is 0.335 e. The van der Waals surface area contributed by atoms with Gasteiger partial charge in [-0.2, -0.15) is 0 Å². The lowest BCUT2D eigenvalue weighted by Crippen LogP contribution is -2.51. The van der Waals surface area contributed by atoms with E-state index < -0.39 is 11.6 Å². The van der Waals surface area contributed by atoms with Gasteiger partial charge < -0.3 is 15.1 Å². The van der Waals surface area contributed by atoms with Gasteiger partial charge in [0.1, 0.15) is 0 Å². The third kappa shape index (κ3) is 4.48. The first-order valence-electron chi connectivity index (χ1n) is 7.78. The summed E-state index contributed by atoms with van der Waals surface area (Å²) in [6.07, 6.45) is 0.170. The topological polar surface area (TPSA) is 77.8 Å². The second kappa shape index (κ2) is 7.36. The number of aliphatic carboxylic acids is 1. The van der Waals surface area contributed by atoms with Crippen LogP contribution < -0.4 is 0 Å². The van der Waals surface area contributed by atoms with Gasteiger partial charge in [0.2, 0.25) is 5.91 Å². The lowest BCUT2D eigenvalue weighted by molar-refractivity contribution is -0.165. The number of piperidine rings is 1. The molecule has 0 atom stereocenters. The second-order valence-corrected chi connectivity index (χ2v) is 7.28. The Kier molecular flexibility index (Phi) is 5.70. The highest BCUT2D eigenvalue weighted by molar-refractivity contribution is 8.00. The molecule has 1 aromatic carbocycles. The summed E-state index contributed by atoms with van der Waals surface area (Å²) in [5.41, 5.74) is -0.416. The molecular formula is C17H23NO4S. The van der Waals surface area contributed by atoms with Gasteiger partial charge in [-0.3, -0.25) is 4.79 Å². The minimum Gasteiger partial charge on any atom is -0.479 e. The molecule has 1 heterocycles. The average molecular weight is 337 g/mol. The van der Waals surface area contributed by atoms with Crippen molar-refractivity contribution in [1.29, 1.82) is 0 Å². The van der Waals surface area contributed by atoms with Crippen LogP contribution in [-0.2, 0) is 9.59 Å². The first-order chi connectivity index (χ1) is 10.8. The molecule has 2 rings (SSSR count). The fourth-order valence-corrected chi connectivity index (χ4v) is 3.33. The van der Waals surface area contributed by atoms with Gasteiger partial charge >= 0.3 is 5.97 Å². The van der Waals surface area contributed by atoms with E-state index in [9.17, 15) is 14.7 Å². The Bertz CT molecular complexity index is 562. The lowest BCUT2D eigenvalue weighted by Gasteiger charge is -2.35. The van der Waals surface area contributed by atoms with E-state index in [0.29, 0.717) is 11.7 Å². The fourth-order valence-electron chi connectivity index (χ4n) is 2.53. The van der Waals surface area contributed by atoms with Crippen LogP contribution in [0.3, 0.4) is 0 Å². The molecule has 5 nitrogen and oxygen atoms in total. The molecule has 0 aromatic heterocycles. The smallest absolute Gasteiger partial charge is 0.335 e. The van der Waals surface area contributed by atoms with Crippen LogP contribution in [0.4, 0.5) is 0 Å². The minimum atomic E-state index is -1.68. The van der Waals surface area contributed by atoms with E-state index in [2.05, 4.69) is 26.0 Å². The molecule has 1 aromatic rings. The van der Waals surface area contributed by atoms with Gasteiger partial charge in [0, 0.05) is 30.8 Å². The Morgan fingerprint density at radius 3 is 2.26 bits per heavy atom. The Balaban J connectivity index is 1.83. The minimum absolute atomic E-state index is 0.0182. The molecule has 0 aliphatic carbocycles. The van der Waals surface area contributed by atoms with Gasteiger partial charge in [-0.15, -0.1) is 11.8 Å². The van der Waals surface area contributed by atoms with Crippen molar-refractivity contribution in [2.24, 2.45) is 0 Å². The average Bonchev–Trinajstić information content (AvgIpc) is 2.53. The van der Waals surface area contributed by atoms with Crippen molar-refractivity contribution in [2.45, 2.75) is 43.1 Å². The Labute approximate surface area is 140 Å². The van der Waals surface area contributed by atoms with E-state index in [0.717, 1.165) is 4.90 Å². The summed E-state index contributed by atoms with van der Waals surface area (Å²) < 4.78 is 0. The van der Waals surface area contributed by atoms with Gasteiger partial charge in [-0.1, -0.05) is 26.0 Å². The number of nitrogens with zero attached hydrogens (tertiary/aromatic N) is 1. The number of carbonyl (C=O) groups excluding carboxylic acids is 1. The quantitative estimate of drug-likeness (QED) is 0.807. The van der Waals surface area contributed by atoms with E-state index in [4.69, 9.17) is 5.11 Å². The van der Waals surface area contributed by atoms with Crippen molar-refractivity contribution in [2.75, 3.05) is 18.8 Å². The molecule has 1 amide bonds. The molecule has 0 radical (unpaired) electrons. The van der Waals surface area contributed by atoms with Gasteiger partial charge in [-0.25, -0.2) is 4.79 Å². The number of rotatable bonds is 5. The molecule has 1 saturated heterocycles. The van der Waals surface area contributed by atoms with E-state index >= 15 is 0 Å². The van der Waals surface area contributed by atoms with Gasteiger partial charge in [-0.05, 0) is 23.6 Å². The summed E-state index contributed by atoms with van der Waals surface area (Å²) >= 11 is 1.48. The van der Waals surface area contributed by atoms with Crippen LogP contribution in [0, 0.1) is 0 Å². The number of likely N-dealkylation sites (tertiary alicyclic amines) is 1. The molecule has 1 aliphatic rings. The van der Waals surface area contributed by atoms with Crippen LogP contribution in [0.2, 0.25) is 0 Å². The monoisotopic (exact) mass is 337 g/mol. The summed E-state index contributed by atoms with van der Waals surface area (Å²) in [7, 11) is 0. The predicted molar refractivity (Wildman–Crippen MR) is 89.7 cm³/mol. The number of carboxylic acid groups (broad SMARTS) is 1. The zero-order valence-electron chi connectivity index (χ0n) is 13.5. The van der Waals surface area contributed by atoms with Crippen molar-refractivity contribution in [3.05, 3.63) is 29.8 Å². The highest BCUT2D eigenvalue weighted by Gasteiger charge is 2.40.